The third kappa shape index (κ3) is 4.26. The molecular formula is C22H21NO4. The number of hydrogen-bond acceptors (Lipinski definition) is 4. The molecule has 0 aliphatic rings. The van der Waals surface area contributed by atoms with Crippen molar-refractivity contribution in [1.82, 2.24) is 0 Å². The Morgan fingerprint density at radius 3 is 2.44 bits per heavy atom. The van der Waals surface area contributed by atoms with Crippen molar-refractivity contribution in [2.45, 2.75) is 20.0 Å². The van der Waals surface area contributed by atoms with Gasteiger partial charge in [0.25, 0.3) is 5.91 Å². The highest BCUT2D eigenvalue weighted by Gasteiger charge is 2.20. The molecule has 138 valence electrons. The molecule has 5 heteroatoms. The van der Waals surface area contributed by atoms with Gasteiger partial charge in [-0.1, -0.05) is 36.4 Å². The van der Waals surface area contributed by atoms with Crippen LogP contribution in [-0.4, -0.2) is 25.1 Å². The zero-order valence-corrected chi connectivity index (χ0v) is 15.5. The molecule has 0 bridgehead atoms. The van der Waals surface area contributed by atoms with Crippen molar-refractivity contribution in [2.24, 2.45) is 0 Å². The first-order valence-electron chi connectivity index (χ1n) is 8.63. The Morgan fingerprint density at radius 1 is 0.963 bits per heavy atom. The van der Waals surface area contributed by atoms with E-state index in [9.17, 15) is 9.59 Å². The Kier molecular flexibility index (Phi) is 5.41. The summed E-state index contributed by atoms with van der Waals surface area (Å²) >= 11 is 0. The van der Waals surface area contributed by atoms with E-state index in [-0.39, 0.29) is 0 Å². The van der Waals surface area contributed by atoms with E-state index in [1.165, 1.54) is 7.11 Å². The molecule has 0 fully saturated rings. The number of rotatable bonds is 5. The van der Waals surface area contributed by atoms with Crippen LogP contribution in [0, 0.1) is 6.92 Å². The molecule has 0 spiro atoms. The number of hydrogen-bond donors (Lipinski definition) is 1. The topological polar surface area (TPSA) is 64.6 Å². The van der Waals surface area contributed by atoms with Crippen molar-refractivity contribution in [3.05, 3.63) is 71.8 Å². The molecule has 0 unspecified atom stereocenters. The fourth-order valence-corrected chi connectivity index (χ4v) is 2.74. The van der Waals surface area contributed by atoms with Crippen molar-refractivity contribution in [3.8, 4) is 5.75 Å². The summed E-state index contributed by atoms with van der Waals surface area (Å²) in [5, 5.41) is 4.89. The quantitative estimate of drug-likeness (QED) is 0.685. The summed E-state index contributed by atoms with van der Waals surface area (Å²) in [6.45, 7) is 3.42. The highest BCUT2D eigenvalue weighted by molar-refractivity contribution is 5.99. The number of carbonyl (C=O) groups is 2. The van der Waals surface area contributed by atoms with Gasteiger partial charge in [0.05, 0.1) is 12.7 Å². The van der Waals surface area contributed by atoms with Gasteiger partial charge >= 0.3 is 5.97 Å². The van der Waals surface area contributed by atoms with Gasteiger partial charge in [0.2, 0.25) is 0 Å². The van der Waals surface area contributed by atoms with E-state index in [0.717, 1.165) is 16.3 Å². The van der Waals surface area contributed by atoms with Crippen LogP contribution >= 0.6 is 0 Å². The first-order valence-corrected chi connectivity index (χ1v) is 8.63. The maximum absolute atomic E-state index is 12.4. The van der Waals surface area contributed by atoms with Crippen LogP contribution in [0.5, 0.6) is 5.75 Å². The number of benzene rings is 3. The van der Waals surface area contributed by atoms with E-state index in [1.54, 1.807) is 25.1 Å². The minimum atomic E-state index is -0.934. The normalized spacial score (nSPS) is 11.7. The summed E-state index contributed by atoms with van der Waals surface area (Å²) in [6.07, 6.45) is -0.934. The second kappa shape index (κ2) is 7.91. The van der Waals surface area contributed by atoms with E-state index in [0.29, 0.717) is 17.0 Å². The van der Waals surface area contributed by atoms with Gasteiger partial charge in [-0.25, -0.2) is 4.79 Å². The number of esters is 1. The van der Waals surface area contributed by atoms with Crippen LogP contribution in [0.1, 0.15) is 22.8 Å². The minimum absolute atomic E-state index is 0.336. The van der Waals surface area contributed by atoms with Crippen molar-refractivity contribution in [1.29, 1.82) is 0 Å². The van der Waals surface area contributed by atoms with E-state index in [1.807, 2.05) is 49.4 Å². The van der Waals surface area contributed by atoms with Gasteiger partial charge in [-0.15, -0.1) is 0 Å². The third-order valence-electron chi connectivity index (χ3n) is 4.31. The fraction of sp³-hybridized carbons (Fsp3) is 0.182. The molecule has 27 heavy (non-hydrogen) atoms. The molecule has 5 nitrogen and oxygen atoms in total. The van der Waals surface area contributed by atoms with Crippen LogP contribution < -0.4 is 10.1 Å². The summed E-state index contributed by atoms with van der Waals surface area (Å²) in [5.74, 6) is -0.370. The number of carbonyl (C=O) groups excluding carboxylic acids is 2. The van der Waals surface area contributed by atoms with Crippen molar-refractivity contribution in [3.63, 3.8) is 0 Å². The Morgan fingerprint density at radius 2 is 1.70 bits per heavy atom. The molecule has 1 atom stereocenters. The fourth-order valence-electron chi connectivity index (χ4n) is 2.74. The number of aryl methyl sites for hydroxylation is 1. The second-order valence-corrected chi connectivity index (χ2v) is 6.28. The zero-order chi connectivity index (χ0) is 19.4. The highest BCUT2D eigenvalue weighted by Crippen LogP contribution is 2.21. The van der Waals surface area contributed by atoms with Crippen LogP contribution in [0.25, 0.3) is 10.8 Å². The molecule has 0 heterocycles. The first kappa shape index (κ1) is 18.5. The number of methoxy groups -OCH3 is 1. The lowest BCUT2D eigenvalue weighted by Gasteiger charge is -2.14. The average Bonchev–Trinajstić information content (AvgIpc) is 2.68. The van der Waals surface area contributed by atoms with Crippen LogP contribution in [0.2, 0.25) is 0 Å². The molecule has 1 amide bonds. The molecule has 3 aromatic carbocycles. The Balaban J connectivity index is 1.66. The Bertz CT molecular complexity index is 997. The van der Waals surface area contributed by atoms with Crippen molar-refractivity contribution < 1.29 is 19.1 Å². The number of amides is 1. The van der Waals surface area contributed by atoms with Gasteiger partial charge < -0.3 is 14.8 Å². The summed E-state index contributed by atoms with van der Waals surface area (Å²) in [6, 6.07) is 18.5. The van der Waals surface area contributed by atoms with Crippen LogP contribution in [0.15, 0.2) is 60.7 Å². The lowest BCUT2D eigenvalue weighted by Crippen LogP contribution is -2.30. The number of anilines is 1. The van der Waals surface area contributed by atoms with E-state index in [2.05, 4.69) is 5.32 Å². The van der Waals surface area contributed by atoms with E-state index in [4.69, 9.17) is 9.47 Å². The molecule has 3 rings (SSSR count). The highest BCUT2D eigenvalue weighted by atomic mass is 16.5. The number of ether oxygens (including phenoxy) is 2. The lowest BCUT2D eigenvalue weighted by molar-refractivity contribution is -0.123. The van der Waals surface area contributed by atoms with Gasteiger partial charge in [0.1, 0.15) is 5.75 Å². The monoisotopic (exact) mass is 363 g/mol. The first-order chi connectivity index (χ1) is 13.0. The third-order valence-corrected chi connectivity index (χ3v) is 4.31. The summed E-state index contributed by atoms with van der Waals surface area (Å²) in [4.78, 5) is 24.7. The minimum Gasteiger partial charge on any atom is -0.496 e. The summed E-state index contributed by atoms with van der Waals surface area (Å²) in [5.41, 5.74) is 1.90. The van der Waals surface area contributed by atoms with Crippen LogP contribution in [-0.2, 0) is 9.53 Å². The van der Waals surface area contributed by atoms with Crippen LogP contribution in [0.3, 0.4) is 0 Å². The van der Waals surface area contributed by atoms with Gasteiger partial charge in [-0.05, 0) is 54.4 Å². The zero-order valence-electron chi connectivity index (χ0n) is 15.5. The molecular weight excluding hydrogens is 342 g/mol. The lowest BCUT2D eigenvalue weighted by atomic mass is 10.1. The summed E-state index contributed by atoms with van der Waals surface area (Å²) < 4.78 is 10.5. The molecule has 0 aromatic heterocycles. The molecule has 0 aliphatic heterocycles. The van der Waals surface area contributed by atoms with Crippen molar-refractivity contribution >= 4 is 28.3 Å². The molecule has 3 aromatic rings. The summed E-state index contributed by atoms with van der Waals surface area (Å²) in [7, 11) is 1.54. The van der Waals surface area contributed by atoms with Gasteiger partial charge in [0.15, 0.2) is 6.10 Å². The Hall–Kier alpha value is -3.34. The predicted octanol–water partition coefficient (Wildman–Crippen LogP) is 4.34. The van der Waals surface area contributed by atoms with Gasteiger partial charge in [0, 0.05) is 5.69 Å². The van der Waals surface area contributed by atoms with E-state index < -0.39 is 18.0 Å². The SMILES string of the molecule is COc1cc(C(=O)O[C@@H](C)C(=O)Nc2ccc3ccccc3c2)ccc1C. The predicted molar refractivity (Wildman–Crippen MR) is 105 cm³/mol. The molecule has 0 aliphatic carbocycles. The molecule has 0 radical (unpaired) electrons. The number of nitrogens with one attached hydrogen (secondary N) is 1. The van der Waals surface area contributed by atoms with E-state index >= 15 is 0 Å². The maximum Gasteiger partial charge on any atom is 0.339 e. The molecule has 0 saturated heterocycles. The smallest absolute Gasteiger partial charge is 0.339 e. The largest absolute Gasteiger partial charge is 0.496 e. The van der Waals surface area contributed by atoms with Gasteiger partial charge in [-0.3, -0.25) is 4.79 Å². The Labute approximate surface area is 157 Å². The van der Waals surface area contributed by atoms with Crippen LogP contribution in [0.4, 0.5) is 5.69 Å². The van der Waals surface area contributed by atoms with Crippen molar-refractivity contribution in [2.75, 3.05) is 12.4 Å². The standard InChI is InChI=1S/C22H21NO4/c1-14-8-9-18(13-20(14)26-3)22(25)27-15(2)21(24)23-19-11-10-16-6-4-5-7-17(16)12-19/h4-13,15H,1-3H3,(H,23,24)/t15-/m0/s1. The second-order valence-electron chi connectivity index (χ2n) is 6.28. The molecule has 0 saturated carbocycles. The van der Waals surface area contributed by atoms with Gasteiger partial charge in [-0.2, -0.15) is 0 Å². The molecule has 1 N–H and O–H groups in total. The average molecular weight is 363 g/mol. The maximum atomic E-state index is 12.4. The number of fused-ring (bicyclic) bond motifs is 1.